The Hall–Kier alpha value is -0.913. The molecular formula is C6F5Si. The molecule has 0 aliphatic rings. The van der Waals surface area contributed by atoms with Crippen molar-refractivity contribution in [2.24, 2.45) is 0 Å². The summed E-state index contributed by atoms with van der Waals surface area (Å²) in [6.45, 7) is 0. The van der Waals surface area contributed by atoms with Crippen LogP contribution in [-0.4, -0.2) is 10.2 Å². The highest BCUT2D eigenvalue weighted by Gasteiger charge is 2.22. The van der Waals surface area contributed by atoms with Gasteiger partial charge in [0.2, 0.25) is 5.82 Å². The first-order valence-corrected chi connectivity index (χ1v) is 3.19. The minimum Gasteiger partial charge on any atom is -0.204 e. The first kappa shape index (κ1) is 9.18. The van der Waals surface area contributed by atoms with Crippen molar-refractivity contribution < 1.29 is 22.0 Å². The van der Waals surface area contributed by atoms with Crippen LogP contribution in [0.4, 0.5) is 22.0 Å². The lowest BCUT2D eigenvalue weighted by Crippen LogP contribution is -2.20. The highest BCUT2D eigenvalue weighted by Crippen LogP contribution is 2.14. The number of hydrogen-bond donors (Lipinski definition) is 0. The van der Waals surface area contributed by atoms with Crippen molar-refractivity contribution >= 4 is 15.4 Å². The number of hydrogen-bond acceptors (Lipinski definition) is 0. The smallest absolute Gasteiger partial charge is 0.200 e. The van der Waals surface area contributed by atoms with Crippen LogP contribution >= 0.6 is 0 Å². The third-order valence-electron chi connectivity index (χ3n) is 1.21. The lowest BCUT2D eigenvalue weighted by atomic mass is 10.3. The molecule has 0 aliphatic heterocycles. The van der Waals surface area contributed by atoms with Gasteiger partial charge in [0.25, 0.3) is 0 Å². The Bertz CT molecular complexity index is 230. The van der Waals surface area contributed by atoms with E-state index >= 15 is 0 Å². The molecule has 63 valence electrons. The Morgan fingerprint density at radius 1 is 0.583 bits per heavy atom. The molecule has 0 saturated heterocycles. The minimum atomic E-state index is -2.16. The van der Waals surface area contributed by atoms with Crippen molar-refractivity contribution in [3.8, 4) is 0 Å². The molecule has 0 heterocycles. The maximum absolute atomic E-state index is 12.4. The van der Waals surface area contributed by atoms with Gasteiger partial charge in [0.1, 0.15) is 0 Å². The second-order valence-electron chi connectivity index (χ2n) is 1.94. The van der Waals surface area contributed by atoms with Gasteiger partial charge in [0.05, 0.1) is 10.2 Å². The number of benzene rings is 1. The Balaban J connectivity index is 3.60. The van der Waals surface area contributed by atoms with Gasteiger partial charge in [-0.1, -0.05) is 0 Å². The molecule has 0 unspecified atom stereocenters. The third-order valence-corrected chi connectivity index (χ3v) is 1.65. The zero-order valence-corrected chi connectivity index (χ0v) is 6.39. The molecule has 0 atom stereocenters. The monoisotopic (exact) mass is 195 g/mol. The van der Waals surface area contributed by atoms with E-state index < -0.39 is 34.3 Å². The Kier molecular flexibility index (Phi) is 2.18. The van der Waals surface area contributed by atoms with Crippen LogP contribution in [0.25, 0.3) is 0 Å². The van der Waals surface area contributed by atoms with Crippen LogP contribution in [0.3, 0.4) is 0 Å². The molecule has 0 saturated carbocycles. The van der Waals surface area contributed by atoms with E-state index in [0.717, 1.165) is 0 Å². The van der Waals surface area contributed by atoms with E-state index in [4.69, 9.17) is 0 Å². The maximum Gasteiger partial charge on any atom is 0.200 e. The van der Waals surface area contributed by atoms with E-state index in [2.05, 4.69) is 10.2 Å². The van der Waals surface area contributed by atoms with E-state index in [-0.39, 0.29) is 0 Å². The van der Waals surface area contributed by atoms with Crippen molar-refractivity contribution in [3.05, 3.63) is 29.1 Å². The maximum atomic E-state index is 12.4. The van der Waals surface area contributed by atoms with E-state index in [1.165, 1.54) is 0 Å². The van der Waals surface area contributed by atoms with Crippen molar-refractivity contribution in [1.29, 1.82) is 0 Å². The summed E-state index contributed by atoms with van der Waals surface area (Å²) in [7, 11) is 2.27. The summed E-state index contributed by atoms with van der Waals surface area (Å²) in [6, 6.07) is 0. The topological polar surface area (TPSA) is 0 Å². The standard InChI is InChI=1S/C6F5Si/c7-1-2(8)4(10)6(12)5(11)3(1)9. The van der Waals surface area contributed by atoms with Gasteiger partial charge in [0, 0.05) is 5.19 Å². The molecule has 0 N–H and O–H groups in total. The van der Waals surface area contributed by atoms with Gasteiger partial charge < -0.3 is 0 Å². The molecule has 0 fully saturated rings. The van der Waals surface area contributed by atoms with Crippen molar-refractivity contribution in [2.45, 2.75) is 0 Å². The number of halogens is 5. The fraction of sp³-hybridized carbons (Fsp3) is 0. The van der Waals surface area contributed by atoms with Gasteiger partial charge >= 0.3 is 0 Å². The minimum absolute atomic E-state index is 1.06. The Labute approximate surface area is 67.4 Å². The van der Waals surface area contributed by atoms with Crippen LogP contribution in [0.2, 0.25) is 0 Å². The highest BCUT2D eigenvalue weighted by atomic mass is 28.1. The average molecular weight is 195 g/mol. The van der Waals surface area contributed by atoms with E-state index in [9.17, 15) is 22.0 Å². The fourth-order valence-corrected chi connectivity index (χ4v) is 0.824. The lowest BCUT2D eigenvalue weighted by molar-refractivity contribution is 0.384. The van der Waals surface area contributed by atoms with Crippen molar-refractivity contribution in [1.82, 2.24) is 0 Å². The van der Waals surface area contributed by atoms with Crippen LogP contribution in [0.15, 0.2) is 0 Å². The molecular weight excluding hydrogens is 195 g/mol. The summed E-state index contributed by atoms with van der Waals surface area (Å²) < 4.78 is 61.4. The van der Waals surface area contributed by atoms with Crippen LogP contribution < -0.4 is 5.19 Å². The summed E-state index contributed by atoms with van der Waals surface area (Å²) in [4.78, 5) is 0. The normalized spacial score (nSPS) is 10.5. The van der Waals surface area contributed by atoms with E-state index in [1.54, 1.807) is 0 Å². The molecule has 0 spiro atoms. The molecule has 3 radical (unpaired) electrons. The van der Waals surface area contributed by atoms with Gasteiger partial charge in [-0.05, 0) is 0 Å². The predicted octanol–water partition coefficient (Wildman–Crippen LogP) is 1.18. The Morgan fingerprint density at radius 2 is 0.833 bits per heavy atom. The largest absolute Gasteiger partial charge is 0.204 e. The van der Waals surface area contributed by atoms with Crippen LogP contribution in [0.5, 0.6) is 0 Å². The predicted molar refractivity (Wildman–Crippen MR) is 31.6 cm³/mol. The molecule has 0 aromatic heterocycles. The first-order valence-electron chi connectivity index (χ1n) is 2.69. The van der Waals surface area contributed by atoms with Gasteiger partial charge in [-0.3, -0.25) is 0 Å². The van der Waals surface area contributed by atoms with Crippen LogP contribution in [-0.2, 0) is 0 Å². The lowest BCUT2D eigenvalue weighted by Gasteiger charge is -2.02. The fourth-order valence-electron chi connectivity index (χ4n) is 0.605. The SMILES string of the molecule is Fc1c(F)c(F)c([Si])c(F)c1F. The summed E-state index contributed by atoms with van der Waals surface area (Å²) >= 11 is 0. The molecule has 6 heteroatoms. The molecule has 1 aromatic rings. The van der Waals surface area contributed by atoms with Gasteiger partial charge in [-0.2, -0.15) is 0 Å². The molecule has 1 rings (SSSR count). The second kappa shape index (κ2) is 2.85. The molecule has 12 heavy (non-hydrogen) atoms. The highest BCUT2D eigenvalue weighted by molar-refractivity contribution is 6.32. The summed E-state index contributed by atoms with van der Waals surface area (Å²) in [5.74, 6) is -9.82. The van der Waals surface area contributed by atoms with Gasteiger partial charge in [-0.15, -0.1) is 0 Å². The quantitative estimate of drug-likeness (QED) is 0.252. The third kappa shape index (κ3) is 1.11. The van der Waals surface area contributed by atoms with Crippen LogP contribution in [0, 0.1) is 29.1 Å². The second-order valence-corrected chi connectivity index (χ2v) is 2.44. The van der Waals surface area contributed by atoms with Gasteiger partial charge in [0.15, 0.2) is 23.3 Å². The molecule has 0 amide bonds. The molecule has 0 bridgehead atoms. The van der Waals surface area contributed by atoms with Gasteiger partial charge in [-0.25, -0.2) is 22.0 Å². The zero-order chi connectivity index (χ0) is 9.46. The van der Waals surface area contributed by atoms with Crippen LogP contribution in [0.1, 0.15) is 0 Å². The van der Waals surface area contributed by atoms with E-state index in [1.807, 2.05) is 0 Å². The zero-order valence-electron chi connectivity index (χ0n) is 5.39. The molecule has 0 aliphatic carbocycles. The van der Waals surface area contributed by atoms with Crippen molar-refractivity contribution in [2.75, 3.05) is 0 Å². The number of rotatable bonds is 0. The summed E-state index contributed by atoms with van der Waals surface area (Å²) in [5.41, 5.74) is 0. The van der Waals surface area contributed by atoms with Crippen molar-refractivity contribution in [3.63, 3.8) is 0 Å². The van der Waals surface area contributed by atoms with E-state index in [0.29, 0.717) is 0 Å². The average Bonchev–Trinajstić information content (AvgIpc) is 2.08. The first-order chi connectivity index (χ1) is 5.46. The molecule has 1 aromatic carbocycles. The molecule has 0 nitrogen and oxygen atoms in total. The Morgan fingerprint density at radius 3 is 1.17 bits per heavy atom. The summed E-state index contributed by atoms with van der Waals surface area (Å²) in [6.07, 6.45) is 0. The summed E-state index contributed by atoms with van der Waals surface area (Å²) in [5, 5.41) is -1.06.